The van der Waals surface area contributed by atoms with E-state index in [1.54, 1.807) is 0 Å². The van der Waals surface area contributed by atoms with Crippen LogP contribution < -0.4 is 5.32 Å². The molecule has 0 saturated carbocycles. The van der Waals surface area contributed by atoms with E-state index in [-0.39, 0.29) is 15.9 Å². The molecule has 0 bridgehead atoms. The molecule has 2 rings (SSSR count). The van der Waals surface area contributed by atoms with Gasteiger partial charge in [0.25, 0.3) is 0 Å². The number of aromatic nitrogens is 2. The molecule has 1 N–H and O–H groups in total. The van der Waals surface area contributed by atoms with Crippen molar-refractivity contribution in [3.8, 4) is 0 Å². The van der Waals surface area contributed by atoms with Gasteiger partial charge in [-0.15, -0.1) is 0 Å². The topological polar surface area (TPSA) is 132 Å². The molecule has 2 heterocycles. The second-order valence-electron chi connectivity index (χ2n) is 4.41. The van der Waals surface area contributed by atoms with Crippen molar-refractivity contribution in [2.75, 3.05) is 5.32 Å². The van der Waals surface area contributed by atoms with Gasteiger partial charge in [0.05, 0.1) is 15.6 Å². The number of nitrogens with zero attached hydrogens (tertiary/aromatic N) is 3. The van der Waals surface area contributed by atoms with E-state index in [0.717, 1.165) is 19.2 Å². The van der Waals surface area contributed by atoms with E-state index in [0.29, 0.717) is 0 Å². The molecule has 0 radical (unpaired) electrons. The summed E-state index contributed by atoms with van der Waals surface area (Å²) in [6.07, 6.45) is 0.948. The lowest BCUT2D eigenvalue weighted by molar-refractivity contribution is -0.388. The third-order valence-electron chi connectivity index (χ3n) is 2.64. The average molecular weight is 391 g/mol. The zero-order chi connectivity index (χ0) is 18.1. The molecule has 24 heavy (non-hydrogen) atoms. The normalized spacial score (nSPS) is 11.1. The van der Waals surface area contributed by atoms with E-state index < -0.39 is 36.4 Å². The molecule has 12 heteroatoms. The summed E-state index contributed by atoms with van der Waals surface area (Å²) in [6, 6.07) is 3.32. The highest BCUT2D eigenvalue weighted by molar-refractivity contribution is 7.91. The molecule has 2 aromatic heterocycles. The Morgan fingerprint density at radius 3 is 2.54 bits per heavy atom. The first-order valence-electron chi connectivity index (χ1n) is 6.12. The van der Waals surface area contributed by atoms with Gasteiger partial charge in [-0.3, -0.25) is 14.9 Å². The number of amides is 1. The first-order valence-corrected chi connectivity index (χ1v) is 8.36. The third kappa shape index (κ3) is 3.61. The highest BCUT2D eigenvalue weighted by atomic mass is 35.5. The molecular weight excluding hydrogens is 383 g/mol. The minimum atomic E-state index is -4.55. The van der Waals surface area contributed by atoms with Crippen LogP contribution in [0.1, 0.15) is 6.92 Å². The molecule has 0 aliphatic carbocycles. The Balaban J connectivity index is 2.75. The maximum atomic E-state index is 12.7. The zero-order valence-corrected chi connectivity index (χ0v) is 14.2. The number of sulfone groups is 1. The largest absolute Gasteiger partial charge is 0.324 e. The molecule has 9 nitrogen and oxygen atoms in total. The summed E-state index contributed by atoms with van der Waals surface area (Å²) in [6.45, 7) is 1.16. The first kappa shape index (κ1) is 18.0. The second-order valence-corrected chi connectivity index (χ2v) is 7.01. The van der Waals surface area contributed by atoms with Crippen LogP contribution in [0, 0.1) is 10.1 Å². The average Bonchev–Trinajstić information content (AvgIpc) is 2.48. The van der Waals surface area contributed by atoms with Gasteiger partial charge < -0.3 is 5.32 Å². The summed E-state index contributed by atoms with van der Waals surface area (Å²) in [5.74, 6) is -0.561. The Bertz CT molecular complexity index is 948. The predicted molar refractivity (Wildman–Crippen MR) is 84.9 cm³/mol. The minimum absolute atomic E-state index is 0.109. The van der Waals surface area contributed by atoms with Crippen molar-refractivity contribution in [3.05, 3.63) is 44.7 Å². The molecule has 2 aromatic rings. The summed E-state index contributed by atoms with van der Waals surface area (Å²) in [4.78, 5) is 28.6. The number of rotatable bonds is 4. The first-order chi connectivity index (χ1) is 11.1. The van der Waals surface area contributed by atoms with Crippen LogP contribution in [-0.4, -0.2) is 29.2 Å². The number of halogens is 2. The van der Waals surface area contributed by atoms with E-state index in [1.165, 1.54) is 12.1 Å². The van der Waals surface area contributed by atoms with Crippen LogP contribution in [-0.2, 0) is 14.6 Å². The van der Waals surface area contributed by atoms with E-state index in [1.807, 2.05) is 0 Å². The van der Waals surface area contributed by atoms with Crippen LogP contribution in [0.4, 0.5) is 11.4 Å². The van der Waals surface area contributed by atoms with Gasteiger partial charge in [-0.25, -0.2) is 18.4 Å². The fraction of sp³-hybridized carbons (Fsp3) is 0.0833. The molecular formula is C12H8Cl2N4O5S. The van der Waals surface area contributed by atoms with E-state index in [4.69, 9.17) is 23.2 Å². The molecule has 0 unspecified atom stereocenters. The maximum absolute atomic E-state index is 12.7. The fourth-order valence-electron chi connectivity index (χ4n) is 1.75. The number of hydrogen-bond acceptors (Lipinski definition) is 7. The van der Waals surface area contributed by atoms with Crippen molar-refractivity contribution in [2.24, 2.45) is 0 Å². The van der Waals surface area contributed by atoms with E-state index in [2.05, 4.69) is 15.3 Å². The van der Waals surface area contributed by atoms with Gasteiger partial charge in [-0.05, 0) is 12.1 Å². The summed E-state index contributed by atoms with van der Waals surface area (Å²) >= 11 is 11.3. The van der Waals surface area contributed by atoms with Crippen molar-refractivity contribution in [3.63, 3.8) is 0 Å². The standard InChI is InChI=1S/C12H8Cl2N4O5S/c1-6(19)16-8-2-3-10(14)17-11(8)24(22,23)12-9(18(20)21)4-7(13)5-15-12/h2-5H,1H3,(H,16,19). The number of hydrogen-bond donors (Lipinski definition) is 1. The van der Waals surface area contributed by atoms with Crippen LogP contribution in [0.5, 0.6) is 0 Å². The van der Waals surface area contributed by atoms with Gasteiger partial charge in [0.15, 0.2) is 5.03 Å². The van der Waals surface area contributed by atoms with Gasteiger partial charge >= 0.3 is 5.69 Å². The molecule has 1 amide bonds. The second kappa shape index (κ2) is 6.67. The molecule has 0 aliphatic heterocycles. The van der Waals surface area contributed by atoms with Crippen molar-refractivity contribution >= 4 is 50.3 Å². The Hall–Kier alpha value is -2.30. The summed E-state index contributed by atoms with van der Waals surface area (Å²) < 4.78 is 25.5. The smallest absolute Gasteiger partial charge is 0.308 e. The number of carbonyl (C=O) groups excluding carboxylic acids is 1. The van der Waals surface area contributed by atoms with Crippen LogP contribution in [0.15, 0.2) is 34.4 Å². The molecule has 0 spiro atoms. The molecule has 0 fully saturated rings. The lowest BCUT2D eigenvalue weighted by Gasteiger charge is -2.10. The lowest BCUT2D eigenvalue weighted by atomic mass is 10.4. The van der Waals surface area contributed by atoms with Crippen LogP contribution in [0.25, 0.3) is 0 Å². The van der Waals surface area contributed by atoms with Crippen molar-refractivity contribution < 1.29 is 18.1 Å². The number of anilines is 1. The van der Waals surface area contributed by atoms with E-state index >= 15 is 0 Å². The summed E-state index contributed by atoms with van der Waals surface area (Å²) in [5.41, 5.74) is -1.00. The molecule has 0 saturated heterocycles. The molecule has 0 aliphatic rings. The highest BCUT2D eigenvalue weighted by Crippen LogP contribution is 2.32. The number of carbonyl (C=O) groups is 1. The summed E-state index contributed by atoms with van der Waals surface area (Å²) in [7, 11) is -4.55. The minimum Gasteiger partial charge on any atom is -0.324 e. The van der Waals surface area contributed by atoms with Crippen molar-refractivity contribution in [2.45, 2.75) is 17.0 Å². The van der Waals surface area contributed by atoms with Crippen molar-refractivity contribution in [1.29, 1.82) is 0 Å². The molecule has 0 aromatic carbocycles. The van der Waals surface area contributed by atoms with Crippen molar-refractivity contribution in [1.82, 2.24) is 9.97 Å². The number of nitro groups is 1. The van der Waals surface area contributed by atoms with Gasteiger partial charge in [-0.2, -0.15) is 0 Å². The quantitative estimate of drug-likeness (QED) is 0.481. The fourth-order valence-corrected chi connectivity index (χ4v) is 3.51. The number of nitrogens with one attached hydrogen (secondary N) is 1. The number of pyridine rings is 2. The van der Waals surface area contributed by atoms with Gasteiger partial charge in [0.1, 0.15) is 5.15 Å². The highest BCUT2D eigenvalue weighted by Gasteiger charge is 2.33. The monoisotopic (exact) mass is 390 g/mol. The maximum Gasteiger partial charge on any atom is 0.308 e. The van der Waals surface area contributed by atoms with Crippen LogP contribution in [0.3, 0.4) is 0 Å². The molecule has 126 valence electrons. The zero-order valence-electron chi connectivity index (χ0n) is 11.9. The Kier molecular flexibility index (Phi) is 5.02. The van der Waals surface area contributed by atoms with Crippen LogP contribution in [0.2, 0.25) is 10.2 Å². The summed E-state index contributed by atoms with van der Waals surface area (Å²) in [5, 5.41) is 11.6. The lowest BCUT2D eigenvalue weighted by Crippen LogP contribution is -2.15. The SMILES string of the molecule is CC(=O)Nc1ccc(Cl)nc1S(=O)(=O)c1ncc(Cl)cc1[N+](=O)[O-]. The van der Waals surface area contributed by atoms with Gasteiger partial charge in [0, 0.05) is 19.2 Å². The van der Waals surface area contributed by atoms with Crippen LogP contribution >= 0.6 is 23.2 Å². The Morgan fingerprint density at radius 1 is 1.29 bits per heavy atom. The van der Waals surface area contributed by atoms with E-state index in [9.17, 15) is 23.3 Å². The molecule has 0 atom stereocenters. The van der Waals surface area contributed by atoms with Gasteiger partial charge in [-0.1, -0.05) is 23.2 Å². The predicted octanol–water partition coefficient (Wildman–Crippen LogP) is 2.48. The van der Waals surface area contributed by atoms with Gasteiger partial charge in [0.2, 0.25) is 20.8 Å². The Labute approximate surface area is 145 Å². The third-order valence-corrected chi connectivity index (χ3v) is 4.70. The Morgan fingerprint density at radius 2 is 1.96 bits per heavy atom.